The molecule has 0 aromatic carbocycles. The van der Waals surface area contributed by atoms with Crippen LogP contribution in [0.5, 0.6) is 0 Å². The molecule has 0 saturated heterocycles. The predicted octanol–water partition coefficient (Wildman–Crippen LogP) is 4.84. The van der Waals surface area contributed by atoms with Crippen molar-refractivity contribution < 1.29 is 0 Å². The number of rotatable bonds is 6. The third-order valence-corrected chi connectivity index (χ3v) is 2.05. The fraction of sp³-hybridized carbons (Fsp3) is 0.188. The highest BCUT2D eigenvalue weighted by molar-refractivity contribution is 5.49. The highest BCUT2D eigenvalue weighted by atomic mass is 14.8. The number of hydrogen-bond acceptors (Lipinski definition) is 2. The van der Waals surface area contributed by atoms with Crippen LogP contribution in [0.15, 0.2) is 82.6 Å². The summed E-state index contributed by atoms with van der Waals surface area (Å²) in [7, 11) is 0. The van der Waals surface area contributed by atoms with Crippen LogP contribution >= 0.6 is 0 Å². The van der Waals surface area contributed by atoms with E-state index in [1.54, 1.807) is 12.2 Å². The maximum absolute atomic E-state index is 4.15. The third-order valence-electron chi connectivity index (χ3n) is 2.05. The molecule has 0 atom stereocenters. The van der Waals surface area contributed by atoms with E-state index >= 15 is 0 Å². The Balaban J connectivity index is 4.95. The molecule has 0 fully saturated rings. The molecule has 0 rings (SSSR count). The molecule has 0 bridgehead atoms. The van der Waals surface area contributed by atoms with Gasteiger partial charge in [-0.25, -0.2) is 0 Å². The third kappa shape index (κ3) is 7.15. The van der Waals surface area contributed by atoms with Gasteiger partial charge < -0.3 is 0 Å². The minimum absolute atomic E-state index is 0.790. The second-order valence-electron chi connectivity index (χ2n) is 3.44. The van der Waals surface area contributed by atoms with E-state index in [-0.39, 0.29) is 0 Å². The molecule has 94 valence electrons. The Kier molecular flexibility index (Phi) is 8.79. The molecule has 0 heterocycles. The zero-order chi connectivity index (χ0) is 13.8. The van der Waals surface area contributed by atoms with Crippen molar-refractivity contribution in [2.45, 2.75) is 20.8 Å². The summed E-state index contributed by atoms with van der Waals surface area (Å²) in [6.45, 7) is 13.1. The lowest BCUT2D eigenvalue weighted by molar-refractivity contribution is 1.33. The van der Waals surface area contributed by atoms with Crippen molar-refractivity contribution in [3.05, 3.63) is 72.7 Å². The van der Waals surface area contributed by atoms with E-state index < -0.39 is 0 Å². The molecule has 2 heteroatoms. The second kappa shape index (κ2) is 10.0. The normalized spacial score (nSPS) is 13.2. The first kappa shape index (κ1) is 15.8. The van der Waals surface area contributed by atoms with Crippen LogP contribution in [0.3, 0.4) is 0 Å². The largest absolute Gasteiger partial charge is 0.188 e. The van der Waals surface area contributed by atoms with Crippen LogP contribution in [-0.2, 0) is 0 Å². The summed E-state index contributed by atoms with van der Waals surface area (Å²) in [6.07, 6.45) is 12.8. The molecular weight excluding hydrogens is 220 g/mol. The monoisotopic (exact) mass is 240 g/mol. The number of aliphatic imine (C=N–C) groups is 2. The van der Waals surface area contributed by atoms with Crippen LogP contribution in [0.4, 0.5) is 0 Å². The van der Waals surface area contributed by atoms with Crippen molar-refractivity contribution in [3.63, 3.8) is 0 Å². The molecule has 0 N–H and O–H groups in total. The maximum Gasteiger partial charge on any atom is 0.100 e. The van der Waals surface area contributed by atoms with Gasteiger partial charge in [0, 0.05) is 0 Å². The molecule has 0 aliphatic heterocycles. The van der Waals surface area contributed by atoms with Gasteiger partial charge in [0.05, 0.1) is 11.4 Å². The lowest BCUT2D eigenvalue weighted by Gasteiger charge is -1.92. The topological polar surface area (TPSA) is 24.7 Å². The number of hydrogen-bond donors (Lipinski definition) is 0. The van der Waals surface area contributed by atoms with Gasteiger partial charge in [0.15, 0.2) is 0 Å². The molecule has 0 aliphatic carbocycles. The van der Waals surface area contributed by atoms with Crippen molar-refractivity contribution in [3.8, 4) is 0 Å². The zero-order valence-corrected chi connectivity index (χ0v) is 11.4. The van der Waals surface area contributed by atoms with Gasteiger partial charge in [-0.1, -0.05) is 43.5 Å². The first-order chi connectivity index (χ1) is 8.67. The van der Waals surface area contributed by atoms with Crippen molar-refractivity contribution in [1.29, 1.82) is 0 Å². The van der Waals surface area contributed by atoms with Crippen molar-refractivity contribution >= 4 is 6.01 Å². The van der Waals surface area contributed by atoms with Gasteiger partial charge in [0.2, 0.25) is 0 Å². The van der Waals surface area contributed by atoms with Gasteiger partial charge in [-0.05, 0) is 38.5 Å². The SMILES string of the molecule is C=C/C=C\C(=C/C)N=C=NC(/C=C(\C)C=C)=C/C. The van der Waals surface area contributed by atoms with Crippen LogP contribution < -0.4 is 0 Å². The average Bonchev–Trinajstić information content (AvgIpc) is 2.40. The smallest absolute Gasteiger partial charge is 0.100 e. The number of allylic oxidation sites excluding steroid dienone is 8. The van der Waals surface area contributed by atoms with E-state index in [2.05, 4.69) is 29.2 Å². The van der Waals surface area contributed by atoms with Crippen LogP contribution in [0.2, 0.25) is 0 Å². The van der Waals surface area contributed by atoms with Gasteiger partial charge in [-0.15, -0.1) is 0 Å². The van der Waals surface area contributed by atoms with Crippen LogP contribution in [-0.4, -0.2) is 6.01 Å². The molecular formula is C16H20N2. The predicted molar refractivity (Wildman–Crippen MR) is 80.7 cm³/mol. The van der Waals surface area contributed by atoms with Crippen LogP contribution in [0.1, 0.15) is 20.8 Å². The van der Waals surface area contributed by atoms with Gasteiger partial charge in [0.1, 0.15) is 6.01 Å². The van der Waals surface area contributed by atoms with Crippen molar-refractivity contribution in [2.75, 3.05) is 0 Å². The Labute approximate surface area is 110 Å². The first-order valence-electron chi connectivity index (χ1n) is 5.76. The summed E-state index contributed by atoms with van der Waals surface area (Å²) in [4.78, 5) is 8.26. The summed E-state index contributed by atoms with van der Waals surface area (Å²) < 4.78 is 0. The molecule has 2 nitrogen and oxygen atoms in total. The Hall–Kier alpha value is -2.18. The minimum atomic E-state index is 0.790. The molecule has 0 aromatic rings. The van der Waals surface area contributed by atoms with Crippen molar-refractivity contribution in [1.82, 2.24) is 0 Å². The Morgan fingerprint density at radius 2 is 1.67 bits per heavy atom. The lowest BCUT2D eigenvalue weighted by Crippen LogP contribution is -1.75. The van der Waals surface area contributed by atoms with E-state index in [0.29, 0.717) is 0 Å². The highest BCUT2D eigenvalue weighted by Gasteiger charge is 1.87. The van der Waals surface area contributed by atoms with Gasteiger partial charge >= 0.3 is 0 Å². The van der Waals surface area contributed by atoms with Crippen LogP contribution in [0, 0.1) is 0 Å². The Morgan fingerprint density at radius 1 is 1.06 bits per heavy atom. The van der Waals surface area contributed by atoms with Gasteiger partial charge in [-0.3, -0.25) is 0 Å². The molecule has 0 unspecified atom stereocenters. The van der Waals surface area contributed by atoms with Crippen LogP contribution in [0.25, 0.3) is 0 Å². The van der Waals surface area contributed by atoms with E-state index in [1.807, 2.05) is 51.2 Å². The molecule has 0 aliphatic rings. The summed E-state index contributed by atoms with van der Waals surface area (Å²) in [5, 5.41) is 0. The lowest BCUT2D eigenvalue weighted by atomic mass is 10.2. The quantitative estimate of drug-likeness (QED) is 0.468. The summed E-state index contributed by atoms with van der Waals surface area (Å²) in [5.41, 5.74) is 2.64. The Bertz CT molecular complexity index is 465. The van der Waals surface area contributed by atoms with Gasteiger partial charge in [0.25, 0.3) is 0 Å². The molecule has 0 aromatic heterocycles. The van der Waals surface area contributed by atoms with E-state index in [4.69, 9.17) is 0 Å². The molecule has 0 spiro atoms. The zero-order valence-electron chi connectivity index (χ0n) is 11.4. The average molecular weight is 240 g/mol. The second-order valence-corrected chi connectivity index (χ2v) is 3.44. The van der Waals surface area contributed by atoms with E-state index in [9.17, 15) is 0 Å². The summed E-state index contributed by atoms with van der Waals surface area (Å²) in [5.74, 6) is 0. The molecule has 0 saturated carbocycles. The number of nitrogens with zero attached hydrogens (tertiary/aromatic N) is 2. The Morgan fingerprint density at radius 3 is 2.17 bits per heavy atom. The summed E-state index contributed by atoms with van der Waals surface area (Å²) in [6, 6.07) is 2.67. The van der Waals surface area contributed by atoms with Gasteiger partial charge in [-0.2, -0.15) is 9.98 Å². The van der Waals surface area contributed by atoms with E-state index in [0.717, 1.165) is 17.0 Å². The first-order valence-corrected chi connectivity index (χ1v) is 5.76. The fourth-order valence-corrected chi connectivity index (χ4v) is 0.977. The highest BCUT2D eigenvalue weighted by Crippen LogP contribution is 2.04. The molecule has 0 radical (unpaired) electrons. The molecule has 18 heavy (non-hydrogen) atoms. The molecule has 0 amide bonds. The van der Waals surface area contributed by atoms with E-state index in [1.165, 1.54) is 0 Å². The maximum atomic E-state index is 4.15. The fourth-order valence-electron chi connectivity index (χ4n) is 0.977. The minimum Gasteiger partial charge on any atom is -0.188 e. The standard InChI is InChI=1S/C16H20N2/c1-6-10-11-15(8-3)17-13-18-16(9-4)12-14(5)7-2/h6-12H,1-2H2,3-5H3/b11-10-,14-12+,15-8+,16-9+. The van der Waals surface area contributed by atoms with Crippen molar-refractivity contribution in [2.24, 2.45) is 9.98 Å². The summed E-state index contributed by atoms with van der Waals surface area (Å²) >= 11 is 0.